The first-order valence-electron chi connectivity index (χ1n) is 20.4. The molecule has 0 unspecified atom stereocenters. The molecule has 0 aliphatic carbocycles. The fraction of sp³-hybridized carbons (Fsp3) is 0.220. The maximum Gasteiger partial charge on any atom is 0.326 e. The third-order valence-electron chi connectivity index (χ3n) is 11.6. The number of carboxylic acids is 1. The number of fused-ring (bicyclic) bond motifs is 2. The van der Waals surface area contributed by atoms with Gasteiger partial charge in [0.2, 0.25) is 12.0 Å². The van der Waals surface area contributed by atoms with Crippen LogP contribution in [0.2, 0.25) is 15.1 Å². The van der Waals surface area contributed by atoms with Crippen LogP contribution in [-0.4, -0.2) is 46.9 Å². The molecule has 0 saturated carbocycles. The van der Waals surface area contributed by atoms with Crippen molar-refractivity contribution in [2.45, 2.75) is 63.6 Å². The smallest absolute Gasteiger partial charge is 0.326 e. The van der Waals surface area contributed by atoms with E-state index in [1.165, 1.54) is 0 Å². The fourth-order valence-electron chi connectivity index (χ4n) is 8.28. The van der Waals surface area contributed by atoms with E-state index < -0.39 is 24.2 Å². The van der Waals surface area contributed by atoms with Crippen LogP contribution in [0.25, 0.3) is 11.1 Å². The van der Waals surface area contributed by atoms with Crippen molar-refractivity contribution >= 4 is 58.3 Å². The van der Waals surface area contributed by atoms with Gasteiger partial charge >= 0.3 is 5.97 Å². The first-order valence-corrected chi connectivity index (χ1v) is 21.5. The van der Waals surface area contributed by atoms with Crippen molar-refractivity contribution in [1.29, 1.82) is 0 Å². The number of halogens is 3. The summed E-state index contributed by atoms with van der Waals surface area (Å²) < 4.78 is 12.5. The average molecular weight is 889 g/mol. The molecule has 9 nitrogen and oxygen atoms in total. The van der Waals surface area contributed by atoms with Gasteiger partial charge in [0, 0.05) is 36.6 Å². The van der Waals surface area contributed by atoms with Crippen LogP contribution in [0.4, 0.5) is 5.69 Å². The van der Waals surface area contributed by atoms with Crippen LogP contribution in [0.15, 0.2) is 133 Å². The molecule has 6 aromatic rings. The Kier molecular flexibility index (Phi) is 12.9. The minimum Gasteiger partial charge on any atom is -0.489 e. The largest absolute Gasteiger partial charge is 0.489 e. The van der Waals surface area contributed by atoms with Crippen LogP contribution in [0.5, 0.6) is 11.5 Å². The molecular weight excluding hydrogens is 845 g/mol. The lowest BCUT2D eigenvalue weighted by Crippen LogP contribution is -2.55. The van der Waals surface area contributed by atoms with Crippen molar-refractivity contribution in [2.24, 2.45) is 0 Å². The Morgan fingerprint density at radius 3 is 2.16 bits per heavy atom. The van der Waals surface area contributed by atoms with Crippen molar-refractivity contribution in [3.8, 4) is 22.6 Å². The second-order valence-corrected chi connectivity index (χ2v) is 16.9. The van der Waals surface area contributed by atoms with Gasteiger partial charge in [0.1, 0.15) is 24.1 Å². The summed E-state index contributed by atoms with van der Waals surface area (Å²) in [4.78, 5) is 44.8. The molecule has 0 radical (unpaired) electrons. The maximum atomic E-state index is 14.5. The van der Waals surface area contributed by atoms with Crippen molar-refractivity contribution < 1.29 is 29.0 Å². The Morgan fingerprint density at radius 1 is 0.823 bits per heavy atom. The number of likely N-dealkylation sites (N-methyl/N-ethyl adjacent to an activating group) is 1. The molecule has 0 spiro atoms. The number of anilines is 1. The van der Waals surface area contributed by atoms with Gasteiger partial charge in [-0.2, -0.15) is 0 Å². The van der Waals surface area contributed by atoms with E-state index in [-0.39, 0.29) is 24.3 Å². The highest BCUT2D eigenvalue weighted by atomic mass is 35.5. The zero-order valence-corrected chi connectivity index (χ0v) is 36.3. The lowest BCUT2D eigenvalue weighted by Gasteiger charge is -2.42. The van der Waals surface area contributed by atoms with E-state index in [0.29, 0.717) is 63.8 Å². The molecule has 12 heteroatoms. The van der Waals surface area contributed by atoms with Gasteiger partial charge in [-0.15, -0.1) is 0 Å². The number of benzene rings is 6. The van der Waals surface area contributed by atoms with Gasteiger partial charge in [-0.05, 0) is 100 Å². The second kappa shape index (κ2) is 18.6. The van der Waals surface area contributed by atoms with Gasteiger partial charge in [0.15, 0.2) is 0 Å². The number of hydrogen-bond acceptors (Lipinski definition) is 6. The molecule has 0 bridgehead atoms. The van der Waals surface area contributed by atoms with Gasteiger partial charge in [-0.25, -0.2) is 4.79 Å². The summed E-state index contributed by atoms with van der Waals surface area (Å²) in [5.41, 5.74) is 7.78. The summed E-state index contributed by atoms with van der Waals surface area (Å²) in [5, 5.41) is 14.9. The number of rotatable bonds is 13. The molecule has 2 aliphatic rings. The van der Waals surface area contributed by atoms with Crippen LogP contribution < -0.4 is 19.7 Å². The SMILES string of the molecule is CC[C@@H](c1ccccc1)N1Cc2cc3c(cc2C[C@H]1C(=O)N[C@@H](Cc1ccc(-c2ccc(Cl)cc2)cc1)C(=O)O)N(C)C(=O)[C@H](c1ccc(OCc2ccc(Cl)c(Cl)c2)cc1)O3. The van der Waals surface area contributed by atoms with E-state index in [1.807, 2.05) is 97.1 Å². The lowest BCUT2D eigenvalue weighted by atomic mass is 9.88. The minimum atomic E-state index is -1.16. The minimum absolute atomic E-state index is 0.106. The maximum absolute atomic E-state index is 14.5. The number of carboxylic acid groups (broad SMARTS) is 1. The van der Waals surface area contributed by atoms with Crippen molar-refractivity contribution in [1.82, 2.24) is 10.2 Å². The highest BCUT2D eigenvalue weighted by Crippen LogP contribution is 2.43. The van der Waals surface area contributed by atoms with Gasteiger partial charge in [-0.3, -0.25) is 14.5 Å². The fourth-order valence-corrected chi connectivity index (χ4v) is 8.73. The number of ether oxygens (including phenoxy) is 2. The molecule has 0 saturated heterocycles. The molecule has 8 rings (SSSR count). The zero-order valence-electron chi connectivity index (χ0n) is 34.1. The standard InChI is InChI=1S/C50H44Cl3N3O6/c1-3-43(34-7-5-4-6-8-34)56-28-37-27-46-44(55(2)49(58)47(62-46)35-16-20-39(21-17-35)61-29-31-11-22-40(52)41(53)23-31)25-36(37)26-45(56)48(57)54-42(50(59)60)24-30-9-12-32(13-10-30)33-14-18-38(51)19-15-33/h4-23,25,27,42-43,45,47H,3,24,26,28-29H2,1-2H3,(H,54,57)(H,59,60)/t42-,43-,45-,47-/m0/s1. The Bertz CT molecular complexity index is 2590. The summed E-state index contributed by atoms with van der Waals surface area (Å²) in [6, 6.07) is 39.7. The van der Waals surface area contributed by atoms with E-state index in [0.717, 1.165) is 38.9 Å². The van der Waals surface area contributed by atoms with Gasteiger partial charge in [0.25, 0.3) is 5.91 Å². The molecule has 2 N–H and O–H groups in total. The predicted octanol–water partition coefficient (Wildman–Crippen LogP) is 10.7. The van der Waals surface area contributed by atoms with Crippen molar-refractivity contribution in [3.05, 3.63) is 182 Å². The van der Waals surface area contributed by atoms with Crippen LogP contribution in [0, 0.1) is 0 Å². The zero-order chi connectivity index (χ0) is 43.5. The average Bonchev–Trinajstić information content (AvgIpc) is 3.28. The number of carbonyl (C=O) groups is 3. The summed E-state index contributed by atoms with van der Waals surface area (Å²) in [6.07, 6.45) is 0.227. The molecule has 316 valence electrons. The van der Waals surface area contributed by atoms with E-state index in [9.17, 15) is 19.5 Å². The summed E-state index contributed by atoms with van der Waals surface area (Å²) in [7, 11) is 1.72. The summed E-state index contributed by atoms with van der Waals surface area (Å²) >= 11 is 18.3. The van der Waals surface area contributed by atoms with Crippen LogP contribution in [0.1, 0.15) is 58.9 Å². The van der Waals surface area contributed by atoms with Gasteiger partial charge in [-0.1, -0.05) is 127 Å². The number of amides is 2. The molecule has 2 amide bonds. The number of nitrogens with zero attached hydrogens (tertiary/aromatic N) is 2. The Balaban J connectivity index is 1.02. The van der Waals surface area contributed by atoms with Crippen LogP contribution in [0.3, 0.4) is 0 Å². The molecule has 6 aromatic carbocycles. The van der Waals surface area contributed by atoms with Crippen molar-refractivity contribution in [2.75, 3.05) is 11.9 Å². The second-order valence-electron chi connectivity index (χ2n) is 15.6. The van der Waals surface area contributed by atoms with E-state index in [1.54, 1.807) is 36.2 Å². The van der Waals surface area contributed by atoms with Crippen LogP contribution >= 0.6 is 34.8 Å². The van der Waals surface area contributed by atoms with Gasteiger partial charge < -0.3 is 24.8 Å². The Morgan fingerprint density at radius 2 is 1.50 bits per heavy atom. The quantitative estimate of drug-likeness (QED) is 0.119. The summed E-state index contributed by atoms with van der Waals surface area (Å²) in [5.74, 6) is -0.566. The van der Waals surface area contributed by atoms with Crippen LogP contribution in [-0.2, 0) is 40.4 Å². The monoisotopic (exact) mass is 887 g/mol. The molecular formula is C50H44Cl3N3O6. The lowest BCUT2D eigenvalue weighted by molar-refractivity contribution is -0.143. The third-order valence-corrected chi connectivity index (χ3v) is 12.6. The predicted molar refractivity (Wildman–Crippen MR) is 243 cm³/mol. The summed E-state index contributed by atoms with van der Waals surface area (Å²) in [6.45, 7) is 2.77. The first-order chi connectivity index (χ1) is 29.9. The number of carbonyl (C=O) groups excluding carboxylic acids is 2. The number of nitrogens with one attached hydrogen (secondary N) is 1. The molecule has 0 fully saturated rings. The molecule has 4 atom stereocenters. The third kappa shape index (κ3) is 9.32. The number of hydrogen-bond donors (Lipinski definition) is 2. The van der Waals surface area contributed by atoms with E-state index >= 15 is 0 Å². The molecule has 2 aliphatic heterocycles. The number of aliphatic carboxylic acids is 1. The van der Waals surface area contributed by atoms with Gasteiger partial charge in [0.05, 0.1) is 21.8 Å². The first kappa shape index (κ1) is 42.8. The topological polar surface area (TPSA) is 108 Å². The molecule has 2 heterocycles. The van der Waals surface area contributed by atoms with Crippen molar-refractivity contribution in [3.63, 3.8) is 0 Å². The highest BCUT2D eigenvalue weighted by Gasteiger charge is 2.40. The normalized spacial score (nSPS) is 17.0. The van der Waals surface area contributed by atoms with E-state index in [2.05, 4.69) is 29.3 Å². The Labute approximate surface area is 375 Å². The molecule has 62 heavy (non-hydrogen) atoms. The molecule has 0 aromatic heterocycles. The van der Waals surface area contributed by atoms with E-state index in [4.69, 9.17) is 44.3 Å². The highest BCUT2D eigenvalue weighted by molar-refractivity contribution is 6.42. The Hall–Kier alpha value is -5.84.